The predicted octanol–water partition coefficient (Wildman–Crippen LogP) is 1.75. The van der Waals surface area contributed by atoms with Crippen LogP contribution in [0.25, 0.3) is 0 Å². The first-order valence-electron chi connectivity index (χ1n) is 5.90. The van der Waals surface area contributed by atoms with Gasteiger partial charge in [0.15, 0.2) is 0 Å². The normalized spacial score (nSPS) is 10.4. The van der Waals surface area contributed by atoms with Gasteiger partial charge in [-0.2, -0.15) is 0 Å². The van der Waals surface area contributed by atoms with E-state index in [1.54, 1.807) is 30.3 Å². The number of benzene rings is 1. The Kier molecular flexibility index (Phi) is 6.20. The van der Waals surface area contributed by atoms with Gasteiger partial charge in [0.2, 0.25) is 5.91 Å². The number of carbonyl (C=O) groups excluding carboxylic acids is 1. The molecule has 1 amide bonds. The van der Waals surface area contributed by atoms with Crippen molar-refractivity contribution in [1.29, 1.82) is 0 Å². The average Bonchev–Trinajstić information content (AvgIpc) is 2.37. The highest BCUT2D eigenvalue weighted by Gasteiger charge is 1.98. The molecule has 1 N–H and O–H groups in total. The van der Waals surface area contributed by atoms with Crippen LogP contribution in [-0.2, 0) is 4.79 Å². The molecular weight excluding hydrogens is 240 g/mol. The maximum Gasteiger partial charge on any atom is 0.248 e. The van der Waals surface area contributed by atoms with Gasteiger partial charge in [0.1, 0.15) is 12.4 Å². The Morgan fingerprint density at radius 1 is 1.42 bits per heavy atom. The summed E-state index contributed by atoms with van der Waals surface area (Å²) in [6.07, 6.45) is 8.42. The Morgan fingerprint density at radius 2 is 2.11 bits per heavy atom. The predicted molar refractivity (Wildman–Crippen MR) is 77.1 cm³/mol. The topological polar surface area (TPSA) is 41.6 Å². The standard InChI is InChI=1S/C15H18N2O2/c1-4-12-19-14-9-7-13(8-10-14)16-15(18)6-5-11-17(2)3/h1,5-10H,11-12H2,2-3H3,(H,16,18)/b6-5+. The summed E-state index contributed by atoms with van der Waals surface area (Å²) < 4.78 is 5.24. The van der Waals surface area contributed by atoms with Crippen LogP contribution in [0.3, 0.4) is 0 Å². The zero-order valence-corrected chi connectivity index (χ0v) is 11.2. The van der Waals surface area contributed by atoms with Crippen molar-refractivity contribution in [2.45, 2.75) is 0 Å². The number of nitrogens with zero attached hydrogens (tertiary/aromatic N) is 1. The number of hydrogen-bond acceptors (Lipinski definition) is 3. The SMILES string of the molecule is C#CCOc1ccc(NC(=O)/C=C/CN(C)C)cc1. The van der Waals surface area contributed by atoms with Crippen molar-refractivity contribution in [3.63, 3.8) is 0 Å². The van der Waals surface area contributed by atoms with Crippen LogP contribution in [0.5, 0.6) is 5.75 Å². The number of terminal acetylenes is 1. The molecule has 0 saturated heterocycles. The quantitative estimate of drug-likeness (QED) is 0.624. The average molecular weight is 258 g/mol. The minimum Gasteiger partial charge on any atom is -0.481 e. The molecule has 1 rings (SSSR count). The summed E-state index contributed by atoms with van der Waals surface area (Å²) in [5, 5.41) is 2.76. The third-order valence-corrected chi connectivity index (χ3v) is 2.18. The highest BCUT2D eigenvalue weighted by molar-refractivity contribution is 5.99. The van der Waals surface area contributed by atoms with Crippen molar-refractivity contribution in [2.75, 3.05) is 32.6 Å². The number of carbonyl (C=O) groups is 1. The fraction of sp³-hybridized carbons (Fsp3) is 0.267. The Bertz CT molecular complexity index is 470. The van der Waals surface area contributed by atoms with Crippen molar-refractivity contribution in [3.05, 3.63) is 36.4 Å². The first kappa shape index (κ1) is 14.8. The maximum absolute atomic E-state index is 11.6. The maximum atomic E-state index is 11.6. The molecule has 0 aliphatic rings. The van der Waals surface area contributed by atoms with Crippen LogP contribution < -0.4 is 10.1 Å². The van der Waals surface area contributed by atoms with Gasteiger partial charge in [0.05, 0.1) is 0 Å². The van der Waals surface area contributed by atoms with E-state index in [0.29, 0.717) is 11.4 Å². The highest BCUT2D eigenvalue weighted by atomic mass is 16.5. The van der Waals surface area contributed by atoms with Gasteiger partial charge in [0.25, 0.3) is 0 Å². The van der Waals surface area contributed by atoms with Crippen LogP contribution in [0.15, 0.2) is 36.4 Å². The zero-order chi connectivity index (χ0) is 14.1. The molecule has 4 heteroatoms. The van der Waals surface area contributed by atoms with Crippen molar-refractivity contribution < 1.29 is 9.53 Å². The Morgan fingerprint density at radius 3 is 2.68 bits per heavy atom. The number of anilines is 1. The van der Waals surface area contributed by atoms with E-state index in [-0.39, 0.29) is 12.5 Å². The molecule has 100 valence electrons. The lowest BCUT2D eigenvalue weighted by atomic mass is 10.3. The van der Waals surface area contributed by atoms with Crippen molar-refractivity contribution in [3.8, 4) is 18.1 Å². The van der Waals surface area contributed by atoms with Crippen molar-refractivity contribution in [2.24, 2.45) is 0 Å². The van der Waals surface area contributed by atoms with Crippen LogP contribution in [0, 0.1) is 12.3 Å². The molecule has 19 heavy (non-hydrogen) atoms. The fourth-order valence-electron chi connectivity index (χ4n) is 1.31. The minimum absolute atomic E-state index is 0.154. The lowest BCUT2D eigenvalue weighted by Crippen LogP contribution is -2.12. The number of hydrogen-bond donors (Lipinski definition) is 1. The molecule has 0 unspecified atom stereocenters. The van der Waals surface area contributed by atoms with E-state index in [1.807, 2.05) is 19.0 Å². The molecule has 1 aromatic rings. The monoisotopic (exact) mass is 258 g/mol. The molecule has 1 aromatic carbocycles. The second-order valence-electron chi connectivity index (χ2n) is 4.17. The van der Waals surface area contributed by atoms with E-state index >= 15 is 0 Å². The van der Waals surface area contributed by atoms with Crippen LogP contribution in [0.2, 0.25) is 0 Å². The molecule has 0 aliphatic carbocycles. The van der Waals surface area contributed by atoms with E-state index in [2.05, 4.69) is 11.2 Å². The second-order valence-corrected chi connectivity index (χ2v) is 4.17. The molecule has 0 radical (unpaired) electrons. The first-order chi connectivity index (χ1) is 9.11. The second kappa shape index (κ2) is 7.96. The van der Waals surface area contributed by atoms with Gasteiger partial charge >= 0.3 is 0 Å². The summed E-state index contributed by atoms with van der Waals surface area (Å²) in [7, 11) is 3.88. The number of likely N-dealkylation sites (N-methyl/N-ethyl adjacent to an activating group) is 1. The van der Waals surface area contributed by atoms with Gasteiger partial charge in [-0.3, -0.25) is 4.79 Å². The third kappa shape index (κ3) is 6.29. The van der Waals surface area contributed by atoms with E-state index in [4.69, 9.17) is 11.2 Å². The molecule has 0 fully saturated rings. The molecule has 0 atom stereocenters. The summed E-state index contributed by atoms with van der Waals surface area (Å²) in [6.45, 7) is 0.964. The molecular formula is C15H18N2O2. The summed E-state index contributed by atoms with van der Waals surface area (Å²) in [6, 6.07) is 7.06. The lowest BCUT2D eigenvalue weighted by molar-refractivity contribution is -0.111. The number of rotatable bonds is 6. The molecule has 0 bridgehead atoms. The molecule has 0 saturated carbocycles. The lowest BCUT2D eigenvalue weighted by Gasteiger charge is -2.06. The van der Waals surface area contributed by atoms with Gasteiger partial charge in [-0.25, -0.2) is 0 Å². The van der Waals surface area contributed by atoms with Crippen LogP contribution >= 0.6 is 0 Å². The van der Waals surface area contributed by atoms with Crippen LogP contribution in [-0.4, -0.2) is 38.1 Å². The molecule has 4 nitrogen and oxygen atoms in total. The van der Waals surface area contributed by atoms with Crippen molar-refractivity contribution >= 4 is 11.6 Å². The molecule has 0 spiro atoms. The minimum atomic E-state index is -0.154. The number of amides is 1. The zero-order valence-electron chi connectivity index (χ0n) is 11.2. The Labute approximate surface area is 114 Å². The van der Waals surface area contributed by atoms with Gasteiger partial charge in [0, 0.05) is 18.3 Å². The van der Waals surface area contributed by atoms with E-state index in [9.17, 15) is 4.79 Å². The molecule has 0 heterocycles. The summed E-state index contributed by atoms with van der Waals surface area (Å²) >= 11 is 0. The van der Waals surface area contributed by atoms with E-state index < -0.39 is 0 Å². The number of ether oxygens (including phenoxy) is 1. The van der Waals surface area contributed by atoms with Gasteiger partial charge in [-0.15, -0.1) is 6.42 Å². The molecule has 0 aromatic heterocycles. The summed E-state index contributed by atoms with van der Waals surface area (Å²) in [5.74, 6) is 2.92. The largest absolute Gasteiger partial charge is 0.481 e. The van der Waals surface area contributed by atoms with Crippen LogP contribution in [0.4, 0.5) is 5.69 Å². The first-order valence-corrected chi connectivity index (χ1v) is 5.90. The summed E-state index contributed by atoms with van der Waals surface area (Å²) in [4.78, 5) is 13.6. The van der Waals surface area contributed by atoms with E-state index in [1.165, 1.54) is 6.08 Å². The van der Waals surface area contributed by atoms with Crippen molar-refractivity contribution in [1.82, 2.24) is 4.90 Å². The summed E-state index contributed by atoms with van der Waals surface area (Å²) in [5.41, 5.74) is 0.715. The van der Waals surface area contributed by atoms with E-state index in [0.717, 1.165) is 6.54 Å². The molecule has 0 aliphatic heterocycles. The third-order valence-electron chi connectivity index (χ3n) is 2.18. The van der Waals surface area contributed by atoms with Gasteiger partial charge in [-0.05, 0) is 38.4 Å². The van der Waals surface area contributed by atoms with Crippen LogP contribution in [0.1, 0.15) is 0 Å². The highest BCUT2D eigenvalue weighted by Crippen LogP contribution is 2.15. The fourth-order valence-corrected chi connectivity index (χ4v) is 1.31. The van der Waals surface area contributed by atoms with Gasteiger partial charge < -0.3 is 15.0 Å². The number of nitrogens with one attached hydrogen (secondary N) is 1. The Balaban J connectivity index is 2.47. The smallest absolute Gasteiger partial charge is 0.248 e. The Hall–Kier alpha value is -2.25. The van der Waals surface area contributed by atoms with Gasteiger partial charge in [-0.1, -0.05) is 12.0 Å².